The first-order valence-electron chi connectivity index (χ1n) is 6.59. The average Bonchev–Trinajstić information content (AvgIpc) is 2.97. The molecular weight excluding hydrogens is 301 g/mol. The monoisotopic (exact) mass is 313 g/mol. The van der Waals surface area contributed by atoms with Crippen molar-refractivity contribution < 1.29 is 9.18 Å². The molecule has 1 N–H and O–H groups in total. The first-order chi connectivity index (χ1) is 10.6. The number of hydrogen-bond acceptors (Lipinski definition) is 4. The fraction of sp³-hybridized carbons (Fsp3) is 0.0625. The average molecular weight is 313 g/mol. The Labute approximate surface area is 130 Å². The number of rotatable bonds is 3. The first kappa shape index (κ1) is 14.3. The summed E-state index contributed by atoms with van der Waals surface area (Å²) in [5.41, 5.74) is 2.48. The summed E-state index contributed by atoms with van der Waals surface area (Å²) in [6.45, 7) is 2.01. The number of aromatic nitrogens is 2. The van der Waals surface area contributed by atoms with E-state index in [9.17, 15) is 9.18 Å². The third-order valence-corrected chi connectivity index (χ3v) is 3.94. The van der Waals surface area contributed by atoms with Crippen LogP contribution in [0.4, 0.5) is 9.52 Å². The zero-order chi connectivity index (χ0) is 15.5. The van der Waals surface area contributed by atoms with Crippen LogP contribution in [0.3, 0.4) is 0 Å². The molecule has 0 aliphatic carbocycles. The van der Waals surface area contributed by atoms with E-state index in [-0.39, 0.29) is 11.7 Å². The van der Waals surface area contributed by atoms with Crippen molar-refractivity contribution in [1.29, 1.82) is 0 Å². The van der Waals surface area contributed by atoms with Gasteiger partial charge in [0.1, 0.15) is 10.8 Å². The Bertz CT molecular complexity index is 797. The third-order valence-electron chi connectivity index (χ3n) is 3.05. The maximum absolute atomic E-state index is 12.8. The quantitative estimate of drug-likeness (QED) is 0.797. The lowest BCUT2D eigenvalue weighted by Crippen LogP contribution is -2.11. The molecule has 0 fully saturated rings. The largest absolute Gasteiger partial charge is 0.296 e. The van der Waals surface area contributed by atoms with Gasteiger partial charge in [0.05, 0.1) is 0 Å². The van der Waals surface area contributed by atoms with E-state index >= 15 is 0 Å². The molecular formula is C16H12FN3OS. The van der Waals surface area contributed by atoms with Gasteiger partial charge >= 0.3 is 0 Å². The molecule has 3 rings (SSSR count). The summed E-state index contributed by atoms with van der Waals surface area (Å²) in [5, 5.41) is 11.8. The molecule has 2 aromatic carbocycles. The summed E-state index contributed by atoms with van der Waals surface area (Å²) >= 11 is 1.29. The molecule has 0 bridgehead atoms. The Balaban J connectivity index is 1.75. The van der Waals surface area contributed by atoms with E-state index in [0.29, 0.717) is 10.7 Å². The highest BCUT2D eigenvalue weighted by molar-refractivity contribution is 7.18. The molecule has 1 heterocycles. The summed E-state index contributed by atoms with van der Waals surface area (Å²) < 4.78 is 12.8. The summed E-state index contributed by atoms with van der Waals surface area (Å²) in [4.78, 5) is 12.0. The van der Waals surface area contributed by atoms with Gasteiger partial charge in [-0.15, -0.1) is 10.2 Å². The van der Waals surface area contributed by atoms with Crippen molar-refractivity contribution >= 4 is 22.4 Å². The number of nitrogens with zero attached hydrogens (tertiary/aromatic N) is 2. The molecule has 6 heteroatoms. The predicted octanol–water partition coefficient (Wildman–Crippen LogP) is 3.90. The van der Waals surface area contributed by atoms with E-state index in [2.05, 4.69) is 15.5 Å². The van der Waals surface area contributed by atoms with Gasteiger partial charge in [-0.05, 0) is 31.2 Å². The van der Waals surface area contributed by atoms with Gasteiger partial charge in [-0.3, -0.25) is 10.1 Å². The number of amides is 1. The smallest absolute Gasteiger partial charge is 0.257 e. The molecule has 0 unspecified atom stereocenters. The van der Waals surface area contributed by atoms with Crippen molar-refractivity contribution in [1.82, 2.24) is 10.2 Å². The molecule has 4 nitrogen and oxygen atoms in total. The van der Waals surface area contributed by atoms with Crippen molar-refractivity contribution in [3.05, 3.63) is 65.5 Å². The Morgan fingerprint density at radius 2 is 1.73 bits per heavy atom. The Morgan fingerprint density at radius 1 is 1.05 bits per heavy atom. The highest BCUT2D eigenvalue weighted by Crippen LogP contribution is 2.26. The maximum atomic E-state index is 12.8. The fourth-order valence-corrected chi connectivity index (χ4v) is 2.60. The lowest BCUT2D eigenvalue weighted by atomic mass is 10.2. The summed E-state index contributed by atoms with van der Waals surface area (Å²) in [7, 11) is 0. The van der Waals surface area contributed by atoms with Gasteiger partial charge in [0.15, 0.2) is 0 Å². The van der Waals surface area contributed by atoms with Gasteiger partial charge in [0.2, 0.25) is 5.13 Å². The third kappa shape index (κ3) is 3.17. The zero-order valence-electron chi connectivity index (χ0n) is 11.7. The van der Waals surface area contributed by atoms with E-state index in [1.54, 1.807) is 0 Å². The van der Waals surface area contributed by atoms with Crippen LogP contribution in [0.2, 0.25) is 0 Å². The van der Waals surface area contributed by atoms with Crippen LogP contribution in [0, 0.1) is 12.7 Å². The number of halogens is 1. The van der Waals surface area contributed by atoms with E-state index < -0.39 is 0 Å². The molecule has 0 aliphatic heterocycles. The zero-order valence-corrected chi connectivity index (χ0v) is 12.5. The molecule has 0 saturated carbocycles. The standard InChI is InChI=1S/C16H12FN3OS/c1-10-2-4-12(5-3-10)15-19-20-16(22-15)18-14(21)11-6-8-13(17)9-7-11/h2-9H,1H3,(H,18,20,21). The number of anilines is 1. The van der Waals surface area contributed by atoms with Gasteiger partial charge in [-0.2, -0.15) is 0 Å². The van der Waals surface area contributed by atoms with Gasteiger partial charge < -0.3 is 0 Å². The van der Waals surface area contributed by atoms with Crippen LogP contribution in [0.5, 0.6) is 0 Å². The SMILES string of the molecule is Cc1ccc(-c2nnc(NC(=O)c3ccc(F)cc3)s2)cc1. The van der Waals surface area contributed by atoms with Crippen molar-refractivity contribution in [2.75, 3.05) is 5.32 Å². The van der Waals surface area contributed by atoms with Crippen molar-refractivity contribution in [2.45, 2.75) is 6.92 Å². The van der Waals surface area contributed by atoms with Crippen molar-refractivity contribution in [3.8, 4) is 10.6 Å². The number of nitrogens with one attached hydrogen (secondary N) is 1. The second-order valence-corrected chi connectivity index (χ2v) is 5.72. The van der Waals surface area contributed by atoms with Crippen molar-refractivity contribution in [3.63, 3.8) is 0 Å². The minimum Gasteiger partial charge on any atom is -0.296 e. The van der Waals surface area contributed by atoms with Crippen LogP contribution in [0.15, 0.2) is 48.5 Å². The Kier molecular flexibility index (Phi) is 3.93. The van der Waals surface area contributed by atoms with Crippen LogP contribution in [0.25, 0.3) is 10.6 Å². The molecule has 0 saturated heterocycles. The van der Waals surface area contributed by atoms with Gasteiger partial charge in [0, 0.05) is 11.1 Å². The Hall–Kier alpha value is -2.60. The number of aryl methyl sites for hydroxylation is 1. The number of carbonyl (C=O) groups excluding carboxylic acids is 1. The molecule has 0 aliphatic rings. The van der Waals surface area contributed by atoms with E-state index in [1.165, 1.54) is 35.6 Å². The summed E-state index contributed by atoms with van der Waals surface area (Å²) in [6, 6.07) is 13.2. The fourth-order valence-electron chi connectivity index (χ4n) is 1.86. The number of carbonyl (C=O) groups is 1. The molecule has 0 atom stereocenters. The second kappa shape index (κ2) is 6.03. The van der Waals surface area contributed by atoms with Gasteiger partial charge in [0.25, 0.3) is 5.91 Å². The van der Waals surface area contributed by atoms with E-state index in [0.717, 1.165) is 16.1 Å². The molecule has 1 amide bonds. The second-order valence-electron chi connectivity index (χ2n) is 4.74. The molecule has 3 aromatic rings. The van der Waals surface area contributed by atoms with Crippen LogP contribution >= 0.6 is 11.3 Å². The van der Waals surface area contributed by atoms with Gasteiger partial charge in [-0.1, -0.05) is 41.2 Å². The molecule has 22 heavy (non-hydrogen) atoms. The van der Waals surface area contributed by atoms with E-state index in [1.807, 2.05) is 31.2 Å². The molecule has 110 valence electrons. The first-order valence-corrected chi connectivity index (χ1v) is 7.41. The maximum Gasteiger partial charge on any atom is 0.257 e. The lowest BCUT2D eigenvalue weighted by Gasteiger charge is -2.00. The summed E-state index contributed by atoms with van der Waals surface area (Å²) in [5.74, 6) is -0.722. The lowest BCUT2D eigenvalue weighted by molar-refractivity contribution is 0.102. The van der Waals surface area contributed by atoms with Crippen LogP contribution in [-0.2, 0) is 0 Å². The highest BCUT2D eigenvalue weighted by atomic mass is 32.1. The van der Waals surface area contributed by atoms with Crippen LogP contribution in [-0.4, -0.2) is 16.1 Å². The number of benzene rings is 2. The molecule has 1 aromatic heterocycles. The topological polar surface area (TPSA) is 54.9 Å². The molecule has 0 radical (unpaired) electrons. The number of hydrogen-bond donors (Lipinski definition) is 1. The molecule has 0 spiro atoms. The van der Waals surface area contributed by atoms with E-state index in [4.69, 9.17) is 0 Å². The summed E-state index contributed by atoms with van der Waals surface area (Å²) in [6.07, 6.45) is 0. The van der Waals surface area contributed by atoms with Crippen LogP contribution < -0.4 is 5.32 Å². The minimum absolute atomic E-state index is 0.341. The minimum atomic E-state index is -0.380. The van der Waals surface area contributed by atoms with Gasteiger partial charge in [-0.25, -0.2) is 4.39 Å². The highest BCUT2D eigenvalue weighted by Gasteiger charge is 2.11. The predicted molar refractivity (Wildman–Crippen MR) is 84.4 cm³/mol. The van der Waals surface area contributed by atoms with Crippen LogP contribution in [0.1, 0.15) is 15.9 Å². The Morgan fingerprint density at radius 3 is 2.41 bits per heavy atom. The normalized spacial score (nSPS) is 10.5. The van der Waals surface area contributed by atoms with Crippen molar-refractivity contribution in [2.24, 2.45) is 0 Å².